The van der Waals surface area contributed by atoms with E-state index < -0.39 is 5.97 Å². The Bertz CT molecular complexity index is 914. The normalized spacial score (nSPS) is 15.4. The molecular formula is C21H23N3O3. The number of hydrogen-bond acceptors (Lipinski definition) is 3. The predicted molar refractivity (Wildman–Crippen MR) is 103 cm³/mol. The van der Waals surface area contributed by atoms with E-state index in [1.54, 1.807) is 10.8 Å². The third-order valence-corrected chi connectivity index (χ3v) is 5.07. The van der Waals surface area contributed by atoms with Crippen molar-refractivity contribution in [2.45, 2.75) is 38.6 Å². The maximum atomic E-state index is 12.4. The van der Waals surface area contributed by atoms with Gasteiger partial charge in [-0.15, -0.1) is 0 Å². The highest BCUT2D eigenvalue weighted by molar-refractivity contribution is 6.04. The molecule has 0 radical (unpaired) electrons. The van der Waals surface area contributed by atoms with Crippen LogP contribution in [0.25, 0.3) is 17.0 Å². The van der Waals surface area contributed by atoms with E-state index in [1.165, 1.54) is 25.3 Å². The van der Waals surface area contributed by atoms with Crippen molar-refractivity contribution in [2.75, 3.05) is 6.54 Å². The van der Waals surface area contributed by atoms with Crippen molar-refractivity contribution in [1.82, 2.24) is 9.88 Å². The van der Waals surface area contributed by atoms with Crippen molar-refractivity contribution in [2.24, 2.45) is 5.92 Å². The predicted octanol–water partition coefficient (Wildman–Crippen LogP) is 3.33. The lowest BCUT2D eigenvalue weighted by Gasteiger charge is -2.21. The second kappa shape index (κ2) is 8.54. The Morgan fingerprint density at radius 3 is 2.70 bits per heavy atom. The van der Waals surface area contributed by atoms with Gasteiger partial charge in [-0.25, -0.2) is 0 Å². The van der Waals surface area contributed by atoms with Crippen molar-refractivity contribution in [3.05, 3.63) is 41.6 Å². The molecule has 140 valence electrons. The van der Waals surface area contributed by atoms with Gasteiger partial charge in [0.15, 0.2) is 0 Å². The summed E-state index contributed by atoms with van der Waals surface area (Å²) >= 11 is 0. The van der Waals surface area contributed by atoms with Gasteiger partial charge in [0.25, 0.3) is 5.91 Å². The van der Waals surface area contributed by atoms with E-state index in [-0.39, 0.29) is 18.0 Å². The highest BCUT2D eigenvalue weighted by Gasteiger charge is 2.17. The number of amides is 1. The molecular weight excluding hydrogens is 342 g/mol. The monoisotopic (exact) mass is 365 g/mol. The quantitative estimate of drug-likeness (QED) is 0.606. The van der Waals surface area contributed by atoms with E-state index in [4.69, 9.17) is 5.11 Å². The van der Waals surface area contributed by atoms with E-state index in [0.717, 1.165) is 23.7 Å². The molecule has 27 heavy (non-hydrogen) atoms. The van der Waals surface area contributed by atoms with Crippen LogP contribution in [0.1, 0.15) is 37.7 Å². The Hall–Kier alpha value is -3.07. The molecule has 1 aromatic carbocycles. The Kier molecular flexibility index (Phi) is 5.92. The van der Waals surface area contributed by atoms with Gasteiger partial charge in [-0.3, -0.25) is 9.59 Å². The number of aliphatic carboxylic acids is 1. The summed E-state index contributed by atoms with van der Waals surface area (Å²) in [4.78, 5) is 23.5. The number of nitrogens with one attached hydrogen (secondary N) is 1. The average molecular weight is 365 g/mol. The molecule has 1 saturated carbocycles. The number of carboxylic acid groups (broad SMARTS) is 1. The standard InChI is InChI=1S/C21H23N3O3/c22-11-16(21(27)23-12-15-6-2-1-3-7-15)10-17-13-24(14-20(25)26)19-9-5-4-8-18(17)19/h4-5,8-10,13,15H,1-3,6-7,12,14H2,(H,23,27)(H,25,26)/b16-10+. The van der Waals surface area contributed by atoms with Crippen molar-refractivity contribution >= 4 is 28.9 Å². The van der Waals surface area contributed by atoms with Gasteiger partial charge in [-0.05, 0) is 30.9 Å². The zero-order valence-corrected chi connectivity index (χ0v) is 15.1. The van der Waals surface area contributed by atoms with Gasteiger partial charge in [0.2, 0.25) is 0 Å². The summed E-state index contributed by atoms with van der Waals surface area (Å²) in [5.41, 5.74) is 1.45. The third kappa shape index (κ3) is 4.56. The topological polar surface area (TPSA) is 95.1 Å². The van der Waals surface area contributed by atoms with Crippen LogP contribution in [0.2, 0.25) is 0 Å². The number of hydrogen-bond donors (Lipinski definition) is 2. The number of fused-ring (bicyclic) bond motifs is 1. The largest absolute Gasteiger partial charge is 0.480 e. The van der Waals surface area contributed by atoms with Gasteiger partial charge < -0.3 is 15.0 Å². The molecule has 1 aromatic heterocycles. The van der Waals surface area contributed by atoms with E-state index in [0.29, 0.717) is 18.0 Å². The Labute approximate surface area is 158 Å². The van der Waals surface area contributed by atoms with Gasteiger partial charge >= 0.3 is 5.97 Å². The first-order valence-corrected chi connectivity index (χ1v) is 9.28. The molecule has 1 amide bonds. The minimum absolute atomic E-state index is 0.0315. The van der Waals surface area contributed by atoms with Crippen LogP contribution in [0.15, 0.2) is 36.0 Å². The lowest BCUT2D eigenvalue weighted by Crippen LogP contribution is -2.31. The summed E-state index contributed by atoms with van der Waals surface area (Å²) in [5.74, 6) is -0.838. The highest BCUT2D eigenvalue weighted by Crippen LogP contribution is 2.24. The van der Waals surface area contributed by atoms with Crippen molar-refractivity contribution in [3.63, 3.8) is 0 Å². The number of carboxylic acids is 1. The summed E-state index contributed by atoms with van der Waals surface area (Å²) < 4.78 is 1.61. The van der Waals surface area contributed by atoms with E-state index in [1.807, 2.05) is 30.3 Å². The summed E-state index contributed by atoms with van der Waals surface area (Å²) in [6.07, 6.45) is 9.11. The molecule has 6 nitrogen and oxygen atoms in total. The highest BCUT2D eigenvalue weighted by atomic mass is 16.4. The molecule has 0 atom stereocenters. The minimum Gasteiger partial charge on any atom is -0.480 e. The van der Waals surface area contributed by atoms with Crippen LogP contribution in [0.4, 0.5) is 0 Å². The van der Waals surface area contributed by atoms with Crippen LogP contribution in [0.5, 0.6) is 0 Å². The van der Waals surface area contributed by atoms with Crippen LogP contribution in [0.3, 0.4) is 0 Å². The zero-order valence-electron chi connectivity index (χ0n) is 15.1. The van der Waals surface area contributed by atoms with E-state index >= 15 is 0 Å². The number of nitriles is 1. The van der Waals surface area contributed by atoms with Crippen LogP contribution in [-0.4, -0.2) is 28.1 Å². The number of carbonyl (C=O) groups excluding carboxylic acids is 1. The first-order chi connectivity index (χ1) is 13.1. The third-order valence-electron chi connectivity index (χ3n) is 5.07. The number of benzene rings is 1. The molecule has 0 bridgehead atoms. The van der Waals surface area contributed by atoms with Gasteiger partial charge in [0.05, 0.1) is 0 Å². The summed E-state index contributed by atoms with van der Waals surface area (Å²) in [6.45, 7) is 0.419. The Morgan fingerprint density at radius 1 is 1.26 bits per heavy atom. The molecule has 0 saturated heterocycles. The van der Waals surface area contributed by atoms with Gasteiger partial charge in [0.1, 0.15) is 18.2 Å². The zero-order chi connectivity index (χ0) is 19.2. The molecule has 6 heteroatoms. The Balaban J connectivity index is 1.81. The Morgan fingerprint density at radius 2 is 2.00 bits per heavy atom. The molecule has 0 unspecified atom stereocenters. The van der Waals surface area contributed by atoms with Crippen molar-refractivity contribution < 1.29 is 14.7 Å². The summed E-state index contributed by atoms with van der Waals surface area (Å²) in [5, 5.41) is 22.2. The fourth-order valence-corrected chi connectivity index (χ4v) is 3.69. The second-order valence-electron chi connectivity index (χ2n) is 7.01. The van der Waals surface area contributed by atoms with Crippen LogP contribution < -0.4 is 5.32 Å². The summed E-state index contributed by atoms with van der Waals surface area (Å²) in [7, 11) is 0. The molecule has 2 N–H and O–H groups in total. The molecule has 1 fully saturated rings. The number of rotatable bonds is 6. The lowest BCUT2D eigenvalue weighted by atomic mass is 9.89. The number of para-hydroxylation sites is 1. The molecule has 0 aliphatic heterocycles. The van der Waals surface area contributed by atoms with Crippen molar-refractivity contribution in [1.29, 1.82) is 5.26 Å². The van der Waals surface area contributed by atoms with Crippen LogP contribution >= 0.6 is 0 Å². The average Bonchev–Trinajstić information content (AvgIpc) is 3.02. The molecule has 0 spiro atoms. The molecule has 1 aliphatic rings. The van der Waals surface area contributed by atoms with Gasteiger partial charge in [0, 0.05) is 29.2 Å². The number of nitrogens with zero attached hydrogens (tertiary/aromatic N) is 2. The maximum absolute atomic E-state index is 12.4. The van der Waals surface area contributed by atoms with Gasteiger partial charge in [-0.2, -0.15) is 5.26 Å². The first kappa shape index (κ1) is 18.7. The van der Waals surface area contributed by atoms with E-state index in [2.05, 4.69) is 5.32 Å². The molecule has 1 aliphatic carbocycles. The van der Waals surface area contributed by atoms with Crippen molar-refractivity contribution in [3.8, 4) is 6.07 Å². The van der Waals surface area contributed by atoms with Crippen LogP contribution in [-0.2, 0) is 16.1 Å². The molecule has 3 rings (SSSR count). The maximum Gasteiger partial charge on any atom is 0.323 e. The minimum atomic E-state index is -0.947. The molecule has 2 aromatic rings. The second-order valence-corrected chi connectivity index (χ2v) is 7.01. The van der Waals surface area contributed by atoms with Crippen LogP contribution in [0, 0.1) is 17.2 Å². The number of aromatic nitrogens is 1. The lowest BCUT2D eigenvalue weighted by molar-refractivity contribution is -0.137. The smallest absolute Gasteiger partial charge is 0.323 e. The SMILES string of the molecule is N#C/C(=C\c1cn(CC(=O)O)c2ccccc12)C(=O)NCC1CCCCC1. The molecule has 1 heterocycles. The van der Waals surface area contributed by atoms with Gasteiger partial charge in [-0.1, -0.05) is 37.5 Å². The number of carbonyl (C=O) groups is 2. The fourth-order valence-electron chi connectivity index (χ4n) is 3.69. The fraction of sp³-hybridized carbons (Fsp3) is 0.381. The van der Waals surface area contributed by atoms with E-state index in [9.17, 15) is 14.9 Å². The summed E-state index contributed by atoms with van der Waals surface area (Å²) in [6, 6.07) is 9.33. The first-order valence-electron chi connectivity index (χ1n) is 9.28.